The highest BCUT2D eigenvalue weighted by Crippen LogP contribution is 2.26. The van der Waals surface area contributed by atoms with Crippen LogP contribution in [0.1, 0.15) is 30.9 Å². The first-order valence-electron chi connectivity index (χ1n) is 8.14. The fraction of sp³-hybridized carbons (Fsp3) is 0.200. The maximum Gasteiger partial charge on any atom is 0.203 e. The van der Waals surface area contributed by atoms with Crippen LogP contribution in [0.2, 0.25) is 0 Å². The SMILES string of the molecule is COc1ccc(-c2csc(N/N=C\c3ccc(C(C)C)cc3)n2)cc1. The number of aromatic nitrogens is 1. The molecule has 0 radical (unpaired) electrons. The van der Waals surface area contributed by atoms with Crippen LogP contribution in [0, 0.1) is 0 Å². The van der Waals surface area contributed by atoms with Crippen molar-refractivity contribution in [1.82, 2.24) is 4.98 Å². The molecule has 0 saturated heterocycles. The minimum Gasteiger partial charge on any atom is -0.497 e. The van der Waals surface area contributed by atoms with Crippen molar-refractivity contribution in [2.24, 2.45) is 5.10 Å². The van der Waals surface area contributed by atoms with E-state index in [0.717, 1.165) is 27.7 Å². The van der Waals surface area contributed by atoms with Gasteiger partial charge in [-0.1, -0.05) is 38.1 Å². The number of methoxy groups -OCH3 is 1. The van der Waals surface area contributed by atoms with Crippen molar-refractivity contribution >= 4 is 22.7 Å². The first kappa shape index (κ1) is 17.2. The van der Waals surface area contributed by atoms with Crippen LogP contribution >= 0.6 is 11.3 Å². The van der Waals surface area contributed by atoms with E-state index in [0.29, 0.717) is 5.92 Å². The maximum atomic E-state index is 5.18. The zero-order valence-electron chi connectivity index (χ0n) is 14.6. The van der Waals surface area contributed by atoms with Crippen LogP contribution in [-0.2, 0) is 0 Å². The summed E-state index contributed by atoms with van der Waals surface area (Å²) in [5.74, 6) is 1.38. The summed E-state index contributed by atoms with van der Waals surface area (Å²) in [6.07, 6.45) is 1.80. The van der Waals surface area contributed by atoms with Gasteiger partial charge in [-0.25, -0.2) is 4.98 Å². The fourth-order valence-electron chi connectivity index (χ4n) is 2.35. The van der Waals surface area contributed by atoms with Crippen LogP contribution in [0.15, 0.2) is 59.0 Å². The number of hydrogen-bond donors (Lipinski definition) is 1. The summed E-state index contributed by atoms with van der Waals surface area (Å²) in [7, 11) is 1.66. The van der Waals surface area contributed by atoms with E-state index < -0.39 is 0 Å². The summed E-state index contributed by atoms with van der Waals surface area (Å²) in [5, 5.41) is 7.05. The van der Waals surface area contributed by atoms with Gasteiger partial charge in [0.1, 0.15) is 5.75 Å². The molecular weight excluding hydrogens is 330 g/mol. The van der Waals surface area contributed by atoms with E-state index in [1.165, 1.54) is 16.9 Å². The molecule has 3 aromatic rings. The predicted molar refractivity (Wildman–Crippen MR) is 106 cm³/mol. The molecule has 0 fully saturated rings. The quantitative estimate of drug-likeness (QED) is 0.478. The lowest BCUT2D eigenvalue weighted by Crippen LogP contribution is -1.91. The molecule has 0 aliphatic heterocycles. The van der Waals surface area contributed by atoms with Gasteiger partial charge in [-0.2, -0.15) is 5.10 Å². The highest BCUT2D eigenvalue weighted by atomic mass is 32.1. The maximum absolute atomic E-state index is 5.18. The Kier molecular flexibility index (Phi) is 5.46. The zero-order valence-corrected chi connectivity index (χ0v) is 15.4. The molecule has 0 aliphatic carbocycles. The topological polar surface area (TPSA) is 46.5 Å². The van der Waals surface area contributed by atoms with Gasteiger partial charge >= 0.3 is 0 Å². The number of hydrazone groups is 1. The average molecular weight is 351 g/mol. The molecule has 1 N–H and O–H groups in total. The zero-order chi connectivity index (χ0) is 17.6. The van der Waals surface area contributed by atoms with E-state index in [1.54, 1.807) is 13.3 Å². The van der Waals surface area contributed by atoms with Gasteiger partial charge < -0.3 is 4.74 Å². The fourth-order valence-corrected chi connectivity index (χ4v) is 3.02. The molecule has 4 nitrogen and oxygen atoms in total. The summed E-state index contributed by atoms with van der Waals surface area (Å²) in [6, 6.07) is 16.3. The van der Waals surface area contributed by atoms with Crippen LogP contribution < -0.4 is 10.2 Å². The molecule has 0 bridgehead atoms. The molecular formula is C20H21N3OS. The second-order valence-electron chi connectivity index (χ2n) is 5.96. The van der Waals surface area contributed by atoms with Gasteiger partial charge in [0.05, 0.1) is 19.0 Å². The van der Waals surface area contributed by atoms with E-state index >= 15 is 0 Å². The van der Waals surface area contributed by atoms with Crippen molar-refractivity contribution in [1.29, 1.82) is 0 Å². The number of thiazole rings is 1. The Morgan fingerprint density at radius 3 is 2.44 bits per heavy atom. The molecule has 1 heterocycles. The lowest BCUT2D eigenvalue weighted by molar-refractivity contribution is 0.415. The minimum atomic E-state index is 0.538. The molecule has 2 aromatic carbocycles. The molecule has 0 atom stereocenters. The third kappa shape index (κ3) is 4.45. The van der Waals surface area contributed by atoms with Crippen LogP contribution in [-0.4, -0.2) is 18.3 Å². The van der Waals surface area contributed by atoms with Gasteiger partial charge in [-0.3, -0.25) is 5.43 Å². The standard InChI is InChI=1S/C20H21N3OS/c1-14(2)16-6-4-15(5-7-16)12-21-23-20-22-19(13-25-20)17-8-10-18(24-3)11-9-17/h4-14H,1-3H3,(H,22,23)/b21-12-. The summed E-state index contributed by atoms with van der Waals surface area (Å²) >= 11 is 1.53. The number of benzene rings is 2. The van der Waals surface area contributed by atoms with Crippen molar-refractivity contribution in [3.05, 3.63) is 65.0 Å². The van der Waals surface area contributed by atoms with Gasteiger partial charge in [0.2, 0.25) is 5.13 Å². The van der Waals surface area contributed by atoms with Crippen LogP contribution in [0.5, 0.6) is 5.75 Å². The van der Waals surface area contributed by atoms with Gasteiger partial charge in [0, 0.05) is 10.9 Å². The Balaban J connectivity index is 1.62. The largest absolute Gasteiger partial charge is 0.497 e. The van der Waals surface area contributed by atoms with Gasteiger partial charge in [0.15, 0.2) is 0 Å². The third-order valence-corrected chi connectivity index (χ3v) is 4.61. The predicted octanol–water partition coefficient (Wildman–Crippen LogP) is 5.39. The Morgan fingerprint density at radius 1 is 1.08 bits per heavy atom. The van der Waals surface area contributed by atoms with E-state index in [2.05, 4.69) is 53.6 Å². The monoisotopic (exact) mass is 351 g/mol. The van der Waals surface area contributed by atoms with Crippen LogP contribution in [0.25, 0.3) is 11.3 Å². The van der Waals surface area contributed by atoms with E-state index in [9.17, 15) is 0 Å². The highest BCUT2D eigenvalue weighted by molar-refractivity contribution is 7.14. The number of nitrogens with zero attached hydrogens (tertiary/aromatic N) is 2. The first-order chi connectivity index (χ1) is 12.2. The van der Waals surface area contributed by atoms with E-state index in [-0.39, 0.29) is 0 Å². The van der Waals surface area contributed by atoms with Crippen molar-refractivity contribution in [2.45, 2.75) is 19.8 Å². The smallest absolute Gasteiger partial charge is 0.203 e. The molecule has 0 saturated carbocycles. The van der Waals surface area contributed by atoms with Gasteiger partial charge in [0.25, 0.3) is 0 Å². The average Bonchev–Trinajstić information content (AvgIpc) is 3.11. The number of nitrogens with one attached hydrogen (secondary N) is 1. The Labute approximate surface area is 152 Å². The molecule has 128 valence electrons. The lowest BCUT2D eigenvalue weighted by Gasteiger charge is -2.04. The minimum absolute atomic E-state index is 0.538. The van der Waals surface area contributed by atoms with Gasteiger partial charge in [-0.15, -0.1) is 11.3 Å². The van der Waals surface area contributed by atoms with Crippen molar-refractivity contribution < 1.29 is 4.74 Å². The molecule has 0 aliphatic rings. The van der Waals surface area contributed by atoms with Crippen molar-refractivity contribution in [3.63, 3.8) is 0 Å². The summed E-state index contributed by atoms with van der Waals surface area (Å²) in [4.78, 5) is 4.56. The van der Waals surface area contributed by atoms with Crippen molar-refractivity contribution in [2.75, 3.05) is 12.5 Å². The second-order valence-corrected chi connectivity index (χ2v) is 6.82. The molecule has 5 heteroatoms. The first-order valence-corrected chi connectivity index (χ1v) is 9.02. The summed E-state index contributed by atoms with van der Waals surface area (Å²) in [6.45, 7) is 4.38. The summed E-state index contributed by atoms with van der Waals surface area (Å²) in [5.41, 5.74) is 7.36. The van der Waals surface area contributed by atoms with Crippen LogP contribution in [0.3, 0.4) is 0 Å². The van der Waals surface area contributed by atoms with Crippen LogP contribution in [0.4, 0.5) is 5.13 Å². The lowest BCUT2D eigenvalue weighted by atomic mass is 10.0. The molecule has 0 amide bonds. The highest BCUT2D eigenvalue weighted by Gasteiger charge is 2.04. The Hall–Kier alpha value is -2.66. The van der Waals surface area contributed by atoms with Crippen molar-refractivity contribution in [3.8, 4) is 17.0 Å². The number of rotatable bonds is 6. The molecule has 0 spiro atoms. The van der Waals surface area contributed by atoms with Gasteiger partial charge in [-0.05, 0) is 41.3 Å². The van der Waals surface area contributed by atoms with E-state index in [1.807, 2.05) is 29.6 Å². The Bertz CT molecular complexity index is 836. The number of ether oxygens (including phenoxy) is 1. The molecule has 0 unspecified atom stereocenters. The summed E-state index contributed by atoms with van der Waals surface area (Å²) < 4.78 is 5.18. The number of hydrogen-bond acceptors (Lipinski definition) is 5. The second kappa shape index (κ2) is 7.94. The van der Waals surface area contributed by atoms with E-state index in [4.69, 9.17) is 4.74 Å². The number of anilines is 1. The molecule has 1 aromatic heterocycles. The molecule has 25 heavy (non-hydrogen) atoms. The Morgan fingerprint density at radius 2 is 1.80 bits per heavy atom. The normalized spacial score (nSPS) is 11.2. The molecule has 3 rings (SSSR count). The third-order valence-electron chi connectivity index (χ3n) is 3.87.